The Balaban J connectivity index is 1.71. The summed E-state index contributed by atoms with van der Waals surface area (Å²) in [6.45, 7) is 5.11. The zero-order chi connectivity index (χ0) is 19.6. The summed E-state index contributed by atoms with van der Waals surface area (Å²) in [4.78, 5) is 39.8. The lowest BCUT2D eigenvalue weighted by atomic mass is 9.91. The fourth-order valence-corrected chi connectivity index (χ4v) is 3.86. The van der Waals surface area contributed by atoms with Gasteiger partial charge in [0.2, 0.25) is 11.8 Å². The van der Waals surface area contributed by atoms with Crippen LogP contribution in [0.3, 0.4) is 0 Å². The molecule has 0 radical (unpaired) electrons. The summed E-state index contributed by atoms with van der Waals surface area (Å²) < 4.78 is 19.1. The summed E-state index contributed by atoms with van der Waals surface area (Å²) in [7, 11) is 1.29. The van der Waals surface area contributed by atoms with Crippen LogP contribution in [0.2, 0.25) is 0 Å². The standard InChI is InChI=1S/C20H23FN2O4/c1-3-18(24)22-9-6-13(7-10-22)19(25)23-11-8-14-15(20(26)27-2)4-5-17(21)16(14)12-23/h3-5,13H,1,6-12H2,2H3. The van der Waals surface area contributed by atoms with Crippen LogP contribution >= 0.6 is 0 Å². The molecule has 0 aromatic heterocycles. The fourth-order valence-electron chi connectivity index (χ4n) is 3.86. The number of nitrogens with zero attached hydrogens (tertiary/aromatic N) is 2. The highest BCUT2D eigenvalue weighted by molar-refractivity contribution is 5.92. The lowest BCUT2D eigenvalue weighted by Crippen LogP contribution is -2.45. The van der Waals surface area contributed by atoms with E-state index in [2.05, 4.69) is 6.58 Å². The third kappa shape index (κ3) is 3.72. The van der Waals surface area contributed by atoms with E-state index in [9.17, 15) is 18.8 Å². The maximum absolute atomic E-state index is 14.3. The van der Waals surface area contributed by atoms with Gasteiger partial charge in [0, 0.05) is 37.7 Å². The third-order valence-electron chi connectivity index (χ3n) is 5.40. The van der Waals surface area contributed by atoms with Crippen LogP contribution < -0.4 is 0 Å². The molecule has 6 nitrogen and oxygen atoms in total. The summed E-state index contributed by atoms with van der Waals surface area (Å²) in [6.07, 6.45) is 2.88. The van der Waals surface area contributed by atoms with Crippen molar-refractivity contribution in [3.63, 3.8) is 0 Å². The number of carbonyl (C=O) groups excluding carboxylic acids is 3. The molecule has 7 heteroatoms. The van der Waals surface area contributed by atoms with E-state index in [-0.39, 0.29) is 24.3 Å². The molecule has 0 aliphatic carbocycles. The average Bonchev–Trinajstić information content (AvgIpc) is 2.72. The first-order chi connectivity index (χ1) is 13.0. The topological polar surface area (TPSA) is 66.9 Å². The Morgan fingerprint density at radius 3 is 2.48 bits per heavy atom. The number of amides is 2. The molecule has 2 aliphatic rings. The van der Waals surface area contributed by atoms with E-state index in [1.807, 2.05) is 0 Å². The van der Waals surface area contributed by atoms with Crippen molar-refractivity contribution in [3.05, 3.63) is 47.3 Å². The quantitative estimate of drug-likeness (QED) is 0.599. The number of esters is 1. The molecule has 0 N–H and O–H groups in total. The van der Waals surface area contributed by atoms with Crippen molar-refractivity contribution >= 4 is 17.8 Å². The predicted octanol–water partition coefficient (Wildman–Crippen LogP) is 1.92. The first-order valence-electron chi connectivity index (χ1n) is 9.05. The number of piperidine rings is 1. The fraction of sp³-hybridized carbons (Fsp3) is 0.450. The van der Waals surface area contributed by atoms with Crippen LogP contribution in [0.5, 0.6) is 0 Å². The van der Waals surface area contributed by atoms with Gasteiger partial charge in [0.05, 0.1) is 12.7 Å². The Bertz CT molecular complexity index is 784. The summed E-state index contributed by atoms with van der Waals surface area (Å²) in [5, 5.41) is 0. The first kappa shape index (κ1) is 19.1. The van der Waals surface area contributed by atoms with Gasteiger partial charge in [0.25, 0.3) is 0 Å². The predicted molar refractivity (Wildman–Crippen MR) is 96.4 cm³/mol. The summed E-state index contributed by atoms with van der Waals surface area (Å²) in [5.74, 6) is -1.22. The Kier molecular flexibility index (Phi) is 5.58. The molecule has 1 saturated heterocycles. The van der Waals surface area contributed by atoms with Gasteiger partial charge < -0.3 is 14.5 Å². The van der Waals surface area contributed by atoms with E-state index in [4.69, 9.17) is 4.74 Å². The molecule has 0 saturated carbocycles. The van der Waals surface area contributed by atoms with Gasteiger partial charge in [-0.3, -0.25) is 9.59 Å². The normalized spacial score (nSPS) is 17.3. The molecule has 0 bridgehead atoms. The number of carbonyl (C=O) groups is 3. The lowest BCUT2D eigenvalue weighted by Gasteiger charge is -2.36. The molecule has 0 spiro atoms. The number of hydrogen-bond acceptors (Lipinski definition) is 4. The summed E-state index contributed by atoms with van der Waals surface area (Å²) in [5.41, 5.74) is 1.37. The van der Waals surface area contributed by atoms with Gasteiger partial charge in [-0.15, -0.1) is 0 Å². The molecular weight excluding hydrogens is 351 g/mol. The number of rotatable bonds is 3. The van der Waals surface area contributed by atoms with Crippen LogP contribution in [0, 0.1) is 11.7 Å². The molecule has 1 aromatic rings. The SMILES string of the molecule is C=CC(=O)N1CCC(C(=O)N2CCc3c(C(=O)OC)ccc(F)c3C2)CC1. The van der Waals surface area contributed by atoms with Crippen LogP contribution in [-0.4, -0.2) is 54.3 Å². The number of methoxy groups -OCH3 is 1. The Morgan fingerprint density at radius 1 is 1.15 bits per heavy atom. The third-order valence-corrected chi connectivity index (χ3v) is 5.40. The van der Waals surface area contributed by atoms with Crippen molar-refractivity contribution in [1.29, 1.82) is 0 Å². The molecule has 1 aromatic carbocycles. The van der Waals surface area contributed by atoms with Crippen LogP contribution in [0.1, 0.15) is 34.3 Å². The van der Waals surface area contributed by atoms with Gasteiger partial charge in [-0.05, 0) is 43.0 Å². The van der Waals surface area contributed by atoms with Gasteiger partial charge in [-0.1, -0.05) is 6.58 Å². The highest BCUT2D eigenvalue weighted by Gasteiger charge is 2.33. The molecule has 0 atom stereocenters. The minimum Gasteiger partial charge on any atom is -0.465 e. The molecule has 2 amide bonds. The van der Waals surface area contributed by atoms with Crippen molar-refractivity contribution in [3.8, 4) is 0 Å². The zero-order valence-corrected chi connectivity index (χ0v) is 15.4. The van der Waals surface area contributed by atoms with Gasteiger partial charge in [0.15, 0.2) is 0 Å². The highest BCUT2D eigenvalue weighted by atomic mass is 19.1. The Morgan fingerprint density at radius 2 is 1.85 bits per heavy atom. The number of fused-ring (bicyclic) bond motifs is 1. The second kappa shape index (κ2) is 7.90. The van der Waals surface area contributed by atoms with E-state index in [0.29, 0.717) is 55.6 Å². The summed E-state index contributed by atoms with van der Waals surface area (Å²) >= 11 is 0. The van der Waals surface area contributed by atoms with E-state index in [1.165, 1.54) is 25.3 Å². The molecule has 27 heavy (non-hydrogen) atoms. The van der Waals surface area contributed by atoms with Crippen LogP contribution in [0.25, 0.3) is 0 Å². The summed E-state index contributed by atoms with van der Waals surface area (Å²) in [6, 6.07) is 2.68. The zero-order valence-electron chi connectivity index (χ0n) is 15.4. The van der Waals surface area contributed by atoms with Crippen molar-refractivity contribution < 1.29 is 23.5 Å². The minimum absolute atomic E-state index is 0.0192. The smallest absolute Gasteiger partial charge is 0.338 e. The molecule has 1 fully saturated rings. The molecule has 144 valence electrons. The molecule has 2 aliphatic heterocycles. The van der Waals surface area contributed by atoms with Crippen LogP contribution in [0.4, 0.5) is 4.39 Å². The molecular formula is C20H23FN2O4. The molecule has 3 rings (SSSR count). The molecule has 2 heterocycles. The molecule has 0 unspecified atom stereocenters. The number of halogens is 1. The highest BCUT2D eigenvalue weighted by Crippen LogP contribution is 2.28. The first-order valence-corrected chi connectivity index (χ1v) is 9.05. The van der Waals surface area contributed by atoms with Crippen molar-refractivity contribution in [2.75, 3.05) is 26.7 Å². The van der Waals surface area contributed by atoms with Gasteiger partial charge in [-0.25, -0.2) is 9.18 Å². The van der Waals surface area contributed by atoms with Crippen molar-refractivity contribution in [2.24, 2.45) is 5.92 Å². The van der Waals surface area contributed by atoms with Crippen molar-refractivity contribution in [2.45, 2.75) is 25.8 Å². The largest absolute Gasteiger partial charge is 0.465 e. The van der Waals surface area contributed by atoms with Gasteiger partial charge >= 0.3 is 5.97 Å². The van der Waals surface area contributed by atoms with Gasteiger partial charge in [0.1, 0.15) is 5.82 Å². The number of benzene rings is 1. The number of likely N-dealkylation sites (tertiary alicyclic amines) is 1. The minimum atomic E-state index is -0.495. The second-order valence-electron chi connectivity index (χ2n) is 6.86. The van der Waals surface area contributed by atoms with E-state index in [1.54, 1.807) is 9.80 Å². The lowest BCUT2D eigenvalue weighted by molar-refractivity contribution is -0.140. The Hall–Kier alpha value is -2.70. The number of ether oxygens (including phenoxy) is 1. The van der Waals surface area contributed by atoms with E-state index < -0.39 is 11.8 Å². The van der Waals surface area contributed by atoms with Crippen molar-refractivity contribution in [1.82, 2.24) is 9.80 Å². The second-order valence-corrected chi connectivity index (χ2v) is 6.86. The number of hydrogen-bond donors (Lipinski definition) is 0. The average molecular weight is 374 g/mol. The van der Waals surface area contributed by atoms with E-state index in [0.717, 1.165) is 0 Å². The van der Waals surface area contributed by atoms with Crippen LogP contribution in [0.15, 0.2) is 24.8 Å². The maximum atomic E-state index is 14.3. The monoisotopic (exact) mass is 374 g/mol. The van der Waals surface area contributed by atoms with Gasteiger partial charge in [-0.2, -0.15) is 0 Å². The van der Waals surface area contributed by atoms with E-state index >= 15 is 0 Å². The Labute approximate surface area is 157 Å². The van der Waals surface area contributed by atoms with Crippen LogP contribution in [-0.2, 0) is 27.3 Å². The maximum Gasteiger partial charge on any atom is 0.338 e.